The van der Waals surface area contributed by atoms with Crippen LogP contribution in [0.3, 0.4) is 0 Å². The van der Waals surface area contributed by atoms with E-state index in [1.165, 1.54) is 19.1 Å². The van der Waals surface area contributed by atoms with Gasteiger partial charge in [-0.05, 0) is 62.5 Å². The molecule has 1 saturated heterocycles. The maximum absolute atomic E-state index is 12.9. The van der Waals surface area contributed by atoms with Gasteiger partial charge in [0.2, 0.25) is 5.91 Å². The van der Waals surface area contributed by atoms with E-state index in [4.69, 9.17) is 0 Å². The molecule has 0 bridgehead atoms. The van der Waals surface area contributed by atoms with Crippen LogP contribution in [0, 0.1) is 11.7 Å². The van der Waals surface area contributed by atoms with Gasteiger partial charge in [0.15, 0.2) is 0 Å². The monoisotopic (exact) mass is 308 g/mol. The van der Waals surface area contributed by atoms with Gasteiger partial charge < -0.3 is 15.3 Å². The molecule has 0 aromatic heterocycles. The van der Waals surface area contributed by atoms with Crippen LogP contribution >= 0.6 is 0 Å². The number of aliphatic hydroxyl groups excluding tert-OH is 1. The van der Waals surface area contributed by atoms with Gasteiger partial charge in [0, 0.05) is 13.5 Å². The largest absolute Gasteiger partial charge is 0.388 e. The van der Waals surface area contributed by atoms with Crippen molar-refractivity contribution in [1.29, 1.82) is 0 Å². The van der Waals surface area contributed by atoms with E-state index in [0.717, 1.165) is 44.5 Å². The van der Waals surface area contributed by atoms with Gasteiger partial charge in [-0.25, -0.2) is 4.39 Å². The Morgan fingerprint density at radius 1 is 1.36 bits per heavy atom. The van der Waals surface area contributed by atoms with Crippen LogP contribution in [0.2, 0.25) is 0 Å². The minimum atomic E-state index is -0.512. The van der Waals surface area contributed by atoms with Gasteiger partial charge in [0.25, 0.3) is 0 Å². The molecule has 1 aliphatic rings. The molecule has 0 saturated carbocycles. The van der Waals surface area contributed by atoms with E-state index in [2.05, 4.69) is 10.2 Å². The molecular formula is C17H25FN2O2. The number of benzene rings is 1. The predicted octanol–water partition coefficient (Wildman–Crippen LogP) is 2.10. The summed E-state index contributed by atoms with van der Waals surface area (Å²) in [6.45, 7) is 5.14. The molecule has 1 aliphatic heterocycles. The number of nitrogens with zero attached hydrogens (tertiary/aromatic N) is 1. The second kappa shape index (κ2) is 8.25. The van der Waals surface area contributed by atoms with Crippen LogP contribution < -0.4 is 5.32 Å². The lowest BCUT2D eigenvalue weighted by Gasteiger charge is -2.34. The summed E-state index contributed by atoms with van der Waals surface area (Å²) in [5.41, 5.74) is 0.797. The third-order valence-electron chi connectivity index (χ3n) is 4.32. The lowest BCUT2D eigenvalue weighted by Crippen LogP contribution is -2.37. The molecule has 2 rings (SSSR count). The van der Waals surface area contributed by atoms with Crippen molar-refractivity contribution in [1.82, 2.24) is 10.2 Å². The summed E-state index contributed by atoms with van der Waals surface area (Å²) in [7, 11) is 0. The molecule has 122 valence electrons. The minimum absolute atomic E-state index is 0.0149. The highest BCUT2D eigenvalue weighted by molar-refractivity contribution is 5.72. The highest BCUT2D eigenvalue weighted by atomic mass is 19.1. The molecule has 0 spiro atoms. The molecule has 1 amide bonds. The van der Waals surface area contributed by atoms with E-state index < -0.39 is 6.10 Å². The molecule has 4 nitrogen and oxygen atoms in total. The Kier molecular flexibility index (Phi) is 6.34. The summed E-state index contributed by atoms with van der Waals surface area (Å²) < 4.78 is 12.9. The van der Waals surface area contributed by atoms with Crippen LogP contribution in [0.1, 0.15) is 37.9 Å². The Bertz CT molecular complexity index is 470. The quantitative estimate of drug-likeness (QED) is 0.791. The van der Waals surface area contributed by atoms with Crippen molar-refractivity contribution in [2.75, 3.05) is 26.2 Å². The zero-order chi connectivity index (χ0) is 15.9. The van der Waals surface area contributed by atoms with Crippen LogP contribution in [0.15, 0.2) is 24.3 Å². The standard InChI is InChI=1S/C17H25FN2O2/c1-13(21)19-9-2-10-20-11-7-15(8-12-20)17(22)14-3-5-16(18)6-4-14/h3-6,15,17,22H,2,7-12H2,1H3,(H,19,21). The van der Waals surface area contributed by atoms with Crippen molar-refractivity contribution < 1.29 is 14.3 Å². The van der Waals surface area contributed by atoms with Crippen LogP contribution in [-0.2, 0) is 4.79 Å². The second-order valence-electron chi connectivity index (χ2n) is 6.01. The third-order valence-corrected chi connectivity index (χ3v) is 4.32. The van der Waals surface area contributed by atoms with E-state index in [-0.39, 0.29) is 17.6 Å². The summed E-state index contributed by atoms with van der Waals surface area (Å²) in [6.07, 6.45) is 2.32. The minimum Gasteiger partial charge on any atom is -0.388 e. The number of likely N-dealkylation sites (tertiary alicyclic amines) is 1. The number of rotatable bonds is 6. The lowest BCUT2D eigenvalue weighted by atomic mass is 9.87. The molecule has 1 fully saturated rings. The van der Waals surface area contributed by atoms with Crippen LogP contribution in [-0.4, -0.2) is 42.1 Å². The molecule has 1 atom stereocenters. The first-order chi connectivity index (χ1) is 10.6. The molecule has 0 aliphatic carbocycles. The van der Waals surface area contributed by atoms with Gasteiger partial charge in [-0.3, -0.25) is 4.79 Å². The summed E-state index contributed by atoms with van der Waals surface area (Å²) in [4.78, 5) is 13.2. The summed E-state index contributed by atoms with van der Waals surface area (Å²) in [5, 5.41) is 13.2. The molecule has 1 heterocycles. The topological polar surface area (TPSA) is 52.6 Å². The average Bonchev–Trinajstić information content (AvgIpc) is 2.52. The molecule has 0 radical (unpaired) electrons. The van der Waals surface area contributed by atoms with E-state index in [0.29, 0.717) is 6.54 Å². The Morgan fingerprint density at radius 2 is 2.00 bits per heavy atom. The number of amides is 1. The van der Waals surface area contributed by atoms with Crippen LogP contribution in [0.4, 0.5) is 4.39 Å². The Morgan fingerprint density at radius 3 is 2.59 bits per heavy atom. The molecule has 1 aromatic rings. The molecule has 5 heteroatoms. The molecule has 1 unspecified atom stereocenters. The van der Waals surface area contributed by atoms with E-state index in [1.807, 2.05) is 0 Å². The summed E-state index contributed by atoms with van der Waals surface area (Å²) in [6, 6.07) is 6.13. The Hall–Kier alpha value is -1.46. The number of carbonyl (C=O) groups is 1. The fourth-order valence-corrected chi connectivity index (χ4v) is 2.99. The highest BCUT2D eigenvalue weighted by Crippen LogP contribution is 2.30. The fraction of sp³-hybridized carbons (Fsp3) is 0.588. The Labute approximate surface area is 131 Å². The molecular weight excluding hydrogens is 283 g/mol. The van der Waals surface area contributed by atoms with E-state index in [9.17, 15) is 14.3 Å². The van der Waals surface area contributed by atoms with Crippen LogP contribution in [0.25, 0.3) is 0 Å². The van der Waals surface area contributed by atoms with Crippen molar-refractivity contribution in [3.8, 4) is 0 Å². The third kappa shape index (κ3) is 5.07. The first-order valence-electron chi connectivity index (χ1n) is 7.96. The second-order valence-corrected chi connectivity index (χ2v) is 6.01. The summed E-state index contributed by atoms with van der Waals surface area (Å²) in [5.74, 6) is -0.0249. The maximum atomic E-state index is 12.9. The number of hydrogen-bond donors (Lipinski definition) is 2. The number of halogens is 1. The van der Waals surface area contributed by atoms with Crippen molar-refractivity contribution in [2.24, 2.45) is 5.92 Å². The Balaban J connectivity index is 1.72. The van der Waals surface area contributed by atoms with Crippen molar-refractivity contribution in [3.63, 3.8) is 0 Å². The number of carbonyl (C=O) groups excluding carboxylic acids is 1. The first kappa shape index (κ1) is 16.9. The smallest absolute Gasteiger partial charge is 0.216 e. The first-order valence-corrected chi connectivity index (χ1v) is 7.96. The fourth-order valence-electron chi connectivity index (χ4n) is 2.99. The lowest BCUT2D eigenvalue weighted by molar-refractivity contribution is -0.118. The van der Waals surface area contributed by atoms with E-state index >= 15 is 0 Å². The van der Waals surface area contributed by atoms with E-state index in [1.54, 1.807) is 12.1 Å². The van der Waals surface area contributed by atoms with Gasteiger partial charge in [-0.2, -0.15) is 0 Å². The van der Waals surface area contributed by atoms with Crippen molar-refractivity contribution in [2.45, 2.75) is 32.3 Å². The van der Waals surface area contributed by atoms with Gasteiger partial charge in [0.05, 0.1) is 6.10 Å². The molecule has 2 N–H and O–H groups in total. The predicted molar refractivity (Wildman–Crippen MR) is 83.8 cm³/mol. The van der Waals surface area contributed by atoms with Crippen molar-refractivity contribution >= 4 is 5.91 Å². The number of hydrogen-bond acceptors (Lipinski definition) is 3. The number of aliphatic hydroxyl groups is 1. The zero-order valence-corrected chi connectivity index (χ0v) is 13.1. The van der Waals surface area contributed by atoms with Gasteiger partial charge >= 0.3 is 0 Å². The molecule has 22 heavy (non-hydrogen) atoms. The normalized spacial score (nSPS) is 18.1. The van der Waals surface area contributed by atoms with Gasteiger partial charge in [-0.1, -0.05) is 12.1 Å². The number of piperidine rings is 1. The number of nitrogens with one attached hydrogen (secondary N) is 1. The molecule has 1 aromatic carbocycles. The maximum Gasteiger partial charge on any atom is 0.216 e. The van der Waals surface area contributed by atoms with Gasteiger partial charge in [-0.15, -0.1) is 0 Å². The SMILES string of the molecule is CC(=O)NCCCN1CCC(C(O)c2ccc(F)cc2)CC1. The zero-order valence-electron chi connectivity index (χ0n) is 13.1. The van der Waals surface area contributed by atoms with Gasteiger partial charge in [0.1, 0.15) is 5.82 Å². The van der Waals surface area contributed by atoms with Crippen molar-refractivity contribution in [3.05, 3.63) is 35.6 Å². The highest BCUT2D eigenvalue weighted by Gasteiger charge is 2.25. The summed E-state index contributed by atoms with van der Waals surface area (Å²) >= 11 is 0. The van der Waals surface area contributed by atoms with Crippen LogP contribution in [0.5, 0.6) is 0 Å². The average molecular weight is 308 g/mol.